The van der Waals surface area contributed by atoms with Crippen LogP contribution in [0.15, 0.2) is 18.2 Å². The van der Waals surface area contributed by atoms with Gasteiger partial charge in [-0.05, 0) is 38.7 Å². The quantitative estimate of drug-likeness (QED) is 0.686. The number of ketones is 1. The van der Waals surface area contributed by atoms with E-state index >= 15 is 0 Å². The van der Waals surface area contributed by atoms with E-state index in [9.17, 15) is 9.18 Å². The van der Waals surface area contributed by atoms with Crippen molar-refractivity contribution in [3.8, 4) is 0 Å². The highest BCUT2D eigenvalue weighted by Crippen LogP contribution is 2.11. The molecule has 1 aromatic carbocycles. The molecule has 0 fully saturated rings. The molecule has 0 unspecified atom stereocenters. The summed E-state index contributed by atoms with van der Waals surface area (Å²) in [5.74, 6) is -0.412. The van der Waals surface area contributed by atoms with Gasteiger partial charge in [-0.3, -0.25) is 4.79 Å². The van der Waals surface area contributed by atoms with Gasteiger partial charge in [-0.25, -0.2) is 4.39 Å². The molecule has 0 heterocycles. The smallest absolute Gasteiger partial charge is 0.177 e. The Morgan fingerprint density at radius 1 is 1.43 bits per heavy atom. The number of aryl methyl sites for hydroxylation is 1. The molecule has 0 aliphatic rings. The largest absolute Gasteiger partial charge is 0.302 e. The monoisotopic (exact) mass is 195 g/mol. The molecule has 0 spiro atoms. The second-order valence-electron chi connectivity index (χ2n) is 3.62. The summed E-state index contributed by atoms with van der Waals surface area (Å²) in [7, 11) is 3.62. The Hall–Kier alpha value is -1.22. The van der Waals surface area contributed by atoms with Crippen LogP contribution in [0.25, 0.3) is 0 Å². The average molecular weight is 195 g/mol. The van der Waals surface area contributed by atoms with Crippen LogP contribution in [0.4, 0.5) is 4.39 Å². The van der Waals surface area contributed by atoms with Crippen molar-refractivity contribution < 1.29 is 9.18 Å². The van der Waals surface area contributed by atoms with Gasteiger partial charge in [0.2, 0.25) is 0 Å². The fraction of sp³-hybridized carbons (Fsp3) is 0.364. The van der Waals surface area contributed by atoms with Crippen molar-refractivity contribution in [3.63, 3.8) is 0 Å². The normalized spacial score (nSPS) is 10.6. The first-order valence-corrected chi connectivity index (χ1v) is 4.45. The maximum Gasteiger partial charge on any atom is 0.177 e. The fourth-order valence-corrected chi connectivity index (χ4v) is 1.27. The molecule has 0 bridgehead atoms. The molecule has 0 aromatic heterocycles. The van der Waals surface area contributed by atoms with E-state index in [0.717, 1.165) is 5.56 Å². The zero-order valence-corrected chi connectivity index (χ0v) is 8.67. The molecule has 0 N–H and O–H groups in total. The van der Waals surface area contributed by atoms with Crippen molar-refractivity contribution >= 4 is 5.78 Å². The minimum atomic E-state index is -0.363. The van der Waals surface area contributed by atoms with Crippen LogP contribution in [0.1, 0.15) is 15.9 Å². The second-order valence-corrected chi connectivity index (χ2v) is 3.62. The lowest BCUT2D eigenvalue weighted by atomic mass is 10.0. The van der Waals surface area contributed by atoms with Gasteiger partial charge < -0.3 is 4.90 Å². The summed E-state index contributed by atoms with van der Waals surface area (Å²) >= 11 is 0. The van der Waals surface area contributed by atoms with E-state index in [2.05, 4.69) is 0 Å². The van der Waals surface area contributed by atoms with Crippen LogP contribution in [-0.2, 0) is 0 Å². The predicted octanol–water partition coefficient (Wildman–Crippen LogP) is 1.88. The van der Waals surface area contributed by atoms with Crippen molar-refractivity contribution in [3.05, 3.63) is 35.1 Å². The van der Waals surface area contributed by atoms with Gasteiger partial charge in [0.05, 0.1) is 6.54 Å². The van der Waals surface area contributed by atoms with Crippen molar-refractivity contribution in [1.29, 1.82) is 0 Å². The first-order valence-electron chi connectivity index (χ1n) is 4.45. The summed E-state index contributed by atoms with van der Waals surface area (Å²) in [6, 6.07) is 4.28. The van der Waals surface area contributed by atoms with Gasteiger partial charge in [0.1, 0.15) is 5.82 Å². The summed E-state index contributed by atoms with van der Waals surface area (Å²) in [6.45, 7) is 2.12. The summed E-state index contributed by atoms with van der Waals surface area (Å²) < 4.78 is 12.9. The highest BCUT2D eigenvalue weighted by Gasteiger charge is 2.10. The number of carbonyl (C=O) groups is 1. The standard InChI is InChI=1S/C11H14FNO/c1-8-4-5-9(12)6-10(8)11(14)7-13(2)3/h4-6H,7H2,1-3H3. The van der Waals surface area contributed by atoms with E-state index in [-0.39, 0.29) is 11.6 Å². The highest BCUT2D eigenvalue weighted by molar-refractivity contribution is 5.98. The van der Waals surface area contributed by atoms with Crippen molar-refractivity contribution in [2.75, 3.05) is 20.6 Å². The van der Waals surface area contributed by atoms with E-state index in [1.165, 1.54) is 12.1 Å². The molecule has 76 valence electrons. The number of rotatable bonds is 3. The molecule has 0 amide bonds. The number of hydrogen-bond acceptors (Lipinski definition) is 2. The van der Waals surface area contributed by atoms with Crippen LogP contribution >= 0.6 is 0 Å². The number of likely N-dealkylation sites (N-methyl/N-ethyl adjacent to an activating group) is 1. The number of hydrogen-bond donors (Lipinski definition) is 0. The molecule has 1 rings (SSSR count). The van der Waals surface area contributed by atoms with Gasteiger partial charge in [0.15, 0.2) is 5.78 Å². The molecular weight excluding hydrogens is 181 g/mol. The number of carbonyl (C=O) groups excluding carboxylic acids is 1. The van der Waals surface area contributed by atoms with E-state index < -0.39 is 0 Å². The van der Waals surface area contributed by atoms with Gasteiger partial charge in [-0.1, -0.05) is 6.07 Å². The second kappa shape index (κ2) is 4.33. The van der Waals surface area contributed by atoms with Crippen LogP contribution in [0, 0.1) is 12.7 Å². The summed E-state index contributed by atoms with van der Waals surface area (Å²) in [6.07, 6.45) is 0. The lowest BCUT2D eigenvalue weighted by molar-refractivity contribution is 0.0957. The van der Waals surface area contributed by atoms with Gasteiger partial charge in [-0.2, -0.15) is 0 Å². The third kappa shape index (κ3) is 2.64. The van der Waals surface area contributed by atoms with Gasteiger partial charge in [0, 0.05) is 5.56 Å². The topological polar surface area (TPSA) is 20.3 Å². The lowest BCUT2D eigenvalue weighted by Crippen LogP contribution is -2.22. The Kier molecular flexibility index (Phi) is 3.36. The van der Waals surface area contributed by atoms with E-state index in [0.29, 0.717) is 12.1 Å². The molecule has 0 aliphatic heterocycles. The molecule has 14 heavy (non-hydrogen) atoms. The first-order chi connectivity index (χ1) is 6.50. The van der Waals surface area contributed by atoms with Crippen LogP contribution in [-0.4, -0.2) is 31.3 Å². The van der Waals surface area contributed by atoms with E-state index in [4.69, 9.17) is 0 Å². The molecule has 0 atom stereocenters. The molecule has 3 heteroatoms. The van der Waals surface area contributed by atoms with Crippen molar-refractivity contribution in [1.82, 2.24) is 4.90 Å². The minimum Gasteiger partial charge on any atom is -0.302 e. The van der Waals surface area contributed by atoms with Crippen LogP contribution < -0.4 is 0 Å². The van der Waals surface area contributed by atoms with Gasteiger partial charge in [0.25, 0.3) is 0 Å². The predicted molar refractivity (Wildman–Crippen MR) is 54.0 cm³/mol. The Balaban J connectivity index is 2.94. The molecular formula is C11H14FNO. The van der Waals surface area contributed by atoms with Crippen LogP contribution in [0.2, 0.25) is 0 Å². The summed E-state index contributed by atoms with van der Waals surface area (Å²) in [4.78, 5) is 13.4. The number of Topliss-reactive ketones (excluding diaryl/α,β-unsaturated/α-hetero) is 1. The molecule has 0 aliphatic carbocycles. The Morgan fingerprint density at radius 3 is 2.64 bits per heavy atom. The molecule has 0 saturated heterocycles. The minimum absolute atomic E-state index is 0.0491. The Labute approximate surface area is 83.3 Å². The van der Waals surface area contributed by atoms with E-state index in [1.807, 2.05) is 21.0 Å². The van der Waals surface area contributed by atoms with Gasteiger partial charge in [-0.15, -0.1) is 0 Å². The molecule has 0 saturated carbocycles. The van der Waals surface area contributed by atoms with E-state index in [1.54, 1.807) is 11.0 Å². The third-order valence-corrected chi connectivity index (χ3v) is 1.96. The third-order valence-electron chi connectivity index (χ3n) is 1.96. The van der Waals surface area contributed by atoms with Crippen molar-refractivity contribution in [2.24, 2.45) is 0 Å². The zero-order chi connectivity index (χ0) is 10.7. The van der Waals surface area contributed by atoms with Gasteiger partial charge >= 0.3 is 0 Å². The number of benzene rings is 1. The zero-order valence-electron chi connectivity index (χ0n) is 8.67. The van der Waals surface area contributed by atoms with Crippen LogP contribution in [0.3, 0.4) is 0 Å². The number of halogens is 1. The Bertz CT molecular complexity index is 347. The fourth-order valence-electron chi connectivity index (χ4n) is 1.27. The van der Waals surface area contributed by atoms with Crippen molar-refractivity contribution in [2.45, 2.75) is 6.92 Å². The first kappa shape index (κ1) is 10.9. The average Bonchev–Trinajstić information content (AvgIpc) is 2.08. The lowest BCUT2D eigenvalue weighted by Gasteiger charge is -2.10. The SMILES string of the molecule is Cc1ccc(F)cc1C(=O)CN(C)C. The maximum absolute atomic E-state index is 12.9. The molecule has 0 radical (unpaired) electrons. The summed E-state index contributed by atoms with van der Waals surface area (Å²) in [5, 5.41) is 0. The molecule has 2 nitrogen and oxygen atoms in total. The molecule has 1 aromatic rings. The number of nitrogens with zero attached hydrogens (tertiary/aromatic N) is 1. The van der Waals surface area contributed by atoms with Crippen LogP contribution in [0.5, 0.6) is 0 Å². The highest BCUT2D eigenvalue weighted by atomic mass is 19.1. The summed E-state index contributed by atoms with van der Waals surface area (Å²) in [5.41, 5.74) is 1.29. The maximum atomic E-state index is 12.9. The Morgan fingerprint density at radius 2 is 2.07 bits per heavy atom.